The molecule has 0 saturated heterocycles. The number of halogens is 6. The van der Waals surface area contributed by atoms with Gasteiger partial charge in [0.25, 0.3) is 5.60 Å². The van der Waals surface area contributed by atoms with Crippen molar-refractivity contribution in [2.24, 2.45) is 0 Å². The third kappa shape index (κ3) is 5.58. The summed E-state index contributed by atoms with van der Waals surface area (Å²) >= 11 is 0. The van der Waals surface area contributed by atoms with Crippen molar-refractivity contribution in [2.75, 3.05) is 25.6 Å². The Bertz CT molecular complexity index is 859. The molecule has 33 heavy (non-hydrogen) atoms. The molecule has 1 amide bonds. The number of methoxy groups -OCH3 is 1. The Morgan fingerprint density at radius 2 is 1.39 bits per heavy atom. The number of anilines is 1. The number of rotatable bonds is 8. The number of alkyl carbamates (subject to hydrolysis) is 1. The van der Waals surface area contributed by atoms with E-state index in [1.807, 2.05) is 0 Å². The van der Waals surface area contributed by atoms with E-state index in [0.29, 0.717) is 31.4 Å². The van der Waals surface area contributed by atoms with Crippen molar-refractivity contribution in [3.05, 3.63) is 29.8 Å². The lowest BCUT2D eigenvalue weighted by Gasteiger charge is -2.35. The summed E-state index contributed by atoms with van der Waals surface area (Å²) in [5, 5.41) is 12.9. The molecule has 186 valence electrons. The number of hydrogen-bond acceptors (Lipinski definition) is 8. The minimum Gasteiger partial charge on any atom is -0.466 e. The minimum atomic E-state index is -5.54. The molecule has 3 N–H and O–H groups in total. The Kier molecular flexibility index (Phi) is 8.55. The van der Waals surface area contributed by atoms with Crippen LogP contribution in [0.15, 0.2) is 24.3 Å². The van der Waals surface area contributed by atoms with Gasteiger partial charge in [-0.05, 0) is 26.0 Å². The molecule has 1 rings (SSSR count). The molecular weight excluding hydrogens is 470 g/mol. The molecule has 0 aliphatic carbocycles. The second kappa shape index (κ2) is 10.1. The molecule has 1 aromatic carbocycles. The fourth-order valence-corrected chi connectivity index (χ4v) is 2.51. The van der Waals surface area contributed by atoms with Gasteiger partial charge in [0.05, 0.1) is 20.3 Å². The number of esters is 2. The maximum Gasteiger partial charge on any atom is 0.442 e. The number of hydrogen-bond donors (Lipinski definition) is 3. The highest BCUT2D eigenvalue weighted by molar-refractivity contribution is 5.89. The summed E-state index contributed by atoms with van der Waals surface area (Å²) in [6.07, 6.45) is -12.7. The van der Waals surface area contributed by atoms with Gasteiger partial charge in [0, 0.05) is 11.3 Å². The van der Waals surface area contributed by atoms with E-state index in [4.69, 9.17) is 0 Å². The fourth-order valence-electron chi connectivity index (χ4n) is 2.51. The van der Waals surface area contributed by atoms with Gasteiger partial charge in [-0.2, -0.15) is 26.3 Å². The highest BCUT2D eigenvalue weighted by Crippen LogP contribution is 2.41. The minimum absolute atomic E-state index is 0.346. The average molecular weight is 490 g/mol. The van der Waals surface area contributed by atoms with Crippen LogP contribution in [0.25, 0.3) is 0 Å². The molecule has 0 fully saturated rings. The number of ether oxygens (including phenoxy) is 3. The summed E-state index contributed by atoms with van der Waals surface area (Å²) in [4.78, 5) is 35.5. The first-order chi connectivity index (χ1) is 15.1. The van der Waals surface area contributed by atoms with Crippen LogP contribution in [0.1, 0.15) is 19.4 Å². The first kappa shape index (κ1) is 27.8. The fraction of sp³-hybridized carbons (Fsp3) is 0.500. The topological polar surface area (TPSA) is 123 Å². The smallest absolute Gasteiger partial charge is 0.442 e. The Balaban J connectivity index is 3.51. The number of benzene rings is 1. The zero-order valence-corrected chi connectivity index (χ0v) is 17.4. The zero-order chi connectivity index (χ0) is 25.7. The molecule has 2 atom stereocenters. The van der Waals surface area contributed by atoms with E-state index in [1.165, 1.54) is 19.2 Å². The molecule has 0 aromatic heterocycles. The van der Waals surface area contributed by atoms with Crippen LogP contribution in [0.5, 0.6) is 0 Å². The monoisotopic (exact) mass is 490 g/mol. The maximum atomic E-state index is 13.9. The van der Waals surface area contributed by atoms with Gasteiger partial charge >= 0.3 is 36.0 Å². The van der Waals surface area contributed by atoms with Crippen LogP contribution in [-0.4, -0.2) is 61.5 Å². The third-order valence-electron chi connectivity index (χ3n) is 4.10. The lowest BCUT2D eigenvalue weighted by molar-refractivity contribution is -0.266. The summed E-state index contributed by atoms with van der Waals surface area (Å²) in [6, 6.07) is 2.15. The molecule has 0 spiro atoms. The van der Waals surface area contributed by atoms with Crippen LogP contribution in [0.2, 0.25) is 0 Å². The van der Waals surface area contributed by atoms with E-state index < -0.39 is 59.5 Å². The van der Waals surface area contributed by atoms with Crippen molar-refractivity contribution in [1.29, 1.82) is 0 Å². The number of carbonyl (C=O) groups excluding carboxylic acids is 3. The molecule has 0 aliphatic rings. The highest BCUT2D eigenvalue weighted by Gasteiger charge is 2.64. The number of carbonyl (C=O) groups is 3. The SMILES string of the molecule is CCOC(=O)N[C@@](Nc1ccc([C@@](O)(C(=O)OC)C(F)(F)F)cc1)(C(=O)OCC)C(F)(F)F. The lowest BCUT2D eigenvalue weighted by atomic mass is 9.93. The molecule has 0 bridgehead atoms. The van der Waals surface area contributed by atoms with Crippen LogP contribution in [0.4, 0.5) is 36.8 Å². The van der Waals surface area contributed by atoms with Crippen molar-refractivity contribution in [3.8, 4) is 0 Å². The number of amides is 1. The van der Waals surface area contributed by atoms with E-state index in [2.05, 4.69) is 14.2 Å². The zero-order valence-electron chi connectivity index (χ0n) is 17.4. The number of aliphatic hydroxyl groups is 1. The van der Waals surface area contributed by atoms with Crippen molar-refractivity contribution >= 4 is 23.7 Å². The Morgan fingerprint density at radius 3 is 1.79 bits per heavy atom. The second-order valence-corrected chi connectivity index (χ2v) is 6.22. The molecule has 1 aromatic rings. The molecule has 0 heterocycles. The van der Waals surface area contributed by atoms with E-state index in [9.17, 15) is 45.8 Å². The first-order valence-corrected chi connectivity index (χ1v) is 9.05. The summed E-state index contributed by atoms with van der Waals surface area (Å²) < 4.78 is 94.5. The Morgan fingerprint density at radius 1 is 0.879 bits per heavy atom. The van der Waals surface area contributed by atoms with E-state index >= 15 is 0 Å². The van der Waals surface area contributed by atoms with Crippen LogP contribution >= 0.6 is 0 Å². The van der Waals surface area contributed by atoms with E-state index in [1.54, 1.807) is 5.32 Å². The molecule has 0 saturated carbocycles. The van der Waals surface area contributed by atoms with Gasteiger partial charge in [-0.3, -0.25) is 5.32 Å². The van der Waals surface area contributed by atoms with Crippen molar-refractivity contribution in [2.45, 2.75) is 37.5 Å². The van der Waals surface area contributed by atoms with Crippen molar-refractivity contribution in [3.63, 3.8) is 0 Å². The lowest BCUT2D eigenvalue weighted by Crippen LogP contribution is -2.69. The van der Waals surface area contributed by atoms with Gasteiger partial charge in [0.2, 0.25) is 0 Å². The first-order valence-electron chi connectivity index (χ1n) is 9.05. The van der Waals surface area contributed by atoms with Gasteiger partial charge in [-0.25, -0.2) is 14.4 Å². The van der Waals surface area contributed by atoms with Gasteiger partial charge in [0.1, 0.15) is 0 Å². The molecule has 0 unspecified atom stereocenters. The van der Waals surface area contributed by atoms with Crippen molar-refractivity contribution in [1.82, 2.24) is 5.32 Å². The van der Waals surface area contributed by atoms with Crippen LogP contribution in [-0.2, 0) is 29.4 Å². The third-order valence-corrected chi connectivity index (χ3v) is 4.10. The average Bonchev–Trinajstić information content (AvgIpc) is 2.71. The summed E-state index contributed by atoms with van der Waals surface area (Å²) in [7, 11) is 0.590. The van der Waals surface area contributed by atoms with Gasteiger partial charge < -0.3 is 24.6 Å². The summed E-state index contributed by atoms with van der Waals surface area (Å²) in [5.41, 5.74) is -9.74. The van der Waals surface area contributed by atoms with Gasteiger partial charge in [-0.1, -0.05) is 12.1 Å². The molecule has 0 aliphatic heterocycles. The normalized spacial score (nSPS) is 15.5. The summed E-state index contributed by atoms with van der Waals surface area (Å²) in [6.45, 7) is 1.62. The van der Waals surface area contributed by atoms with Crippen LogP contribution in [0.3, 0.4) is 0 Å². The van der Waals surface area contributed by atoms with Crippen LogP contribution < -0.4 is 10.6 Å². The summed E-state index contributed by atoms with van der Waals surface area (Å²) in [5.74, 6) is -4.08. The molecule has 15 heteroatoms. The quantitative estimate of drug-likeness (QED) is 0.220. The molecular formula is C18H20F6N2O7. The Hall–Kier alpha value is -3.23. The second-order valence-electron chi connectivity index (χ2n) is 6.22. The number of alkyl halides is 6. The molecule has 0 radical (unpaired) electrons. The molecule has 9 nitrogen and oxygen atoms in total. The Labute approximate surface area is 183 Å². The van der Waals surface area contributed by atoms with Crippen LogP contribution in [0, 0.1) is 0 Å². The highest BCUT2D eigenvalue weighted by atomic mass is 19.4. The van der Waals surface area contributed by atoms with E-state index in [-0.39, 0.29) is 6.61 Å². The largest absolute Gasteiger partial charge is 0.466 e. The van der Waals surface area contributed by atoms with Gasteiger partial charge in [0.15, 0.2) is 0 Å². The van der Waals surface area contributed by atoms with Gasteiger partial charge in [-0.15, -0.1) is 0 Å². The van der Waals surface area contributed by atoms with E-state index in [0.717, 1.165) is 0 Å². The predicted molar refractivity (Wildman–Crippen MR) is 97.6 cm³/mol. The number of nitrogens with one attached hydrogen (secondary N) is 2. The standard InChI is InChI=1S/C18H20F6N2O7/c1-4-32-13(28)16(18(22,23)24,26-14(29)33-5-2)25-11-8-6-10(7-9-11)15(30,12(27)31-3)17(19,20)21/h6-9,25,30H,4-5H2,1-3H3,(H,26,29)/t15-,16+/m1/s1. The predicted octanol–water partition coefficient (Wildman–Crippen LogP) is 2.59. The maximum absolute atomic E-state index is 13.9. The van der Waals surface area contributed by atoms with Crippen molar-refractivity contribution < 1.29 is 60.0 Å².